The lowest BCUT2D eigenvalue weighted by Crippen LogP contribution is -2.34. The summed E-state index contributed by atoms with van der Waals surface area (Å²) in [6.45, 7) is 9.59. The number of hydrogen-bond donors (Lipinski definition) is 0. The van der Waals surface area contributed by atoms with E-state index in [0.29, 0.717) is 28.9 Å². The van der Waals surface area contributed by atoms with E-state index in [0.717, 1.165) is 12.0 Å². The third kappa shape index (κ3) is 3.03. The van der Waals surface area contributed by atoms with E-state index in [4.69, 9.17) is 13.9 Å². The number of carbonyl (C=O) groups excluding carboxylic acids is 1. The Morgan fingerprint density at radius 3 is 2.56 bits per heavy atom. The first kappa shape index (κ1) is 17.5. The second-order valence-corrected chi connectivity index (χ2v) is 6.94. The molecule has 1 aliphatic heterocycles. The van der Waals surface area contributed by atoms with Gasteiger partial charge in [-0.15, -0.1) is 0 Å². The average Bonchev–Trinajstić information content (AvgIpc) is 2.51. The Balaban J connectivity index is 2.40. The average molecular weight is 344 g/mol. The zero-order chi connectivity index (χ0) is 18.3. The number of hydrogen-bond acceptors (Lipinski definition) is 5. The zero-order valence-corrected chi connectivity index (χ0v) is 15.3. The predicted molar refractivity (Wildman–Crippen MR) is 95.8 cm³/mol. The molecule has 2 aromatic rings. The monoisotopic (exact) mass is 344 g/mol. The Labute approximate surface area is 146 Å². The van der Waals surface area contributed by atoms with E-state index in [1.54, 1.807) is 6.07 Å². The summed E-state index contributed by atoms with van der Waals surface area (Å²) >= 11 is 0. The molecule has 5 nitrogen and oxygen atoms in total. The van der Waals surface area contributed by atoms with E-state index in [2.05, 4.69) is 0 Å². The fourth-order valence-electron chi connectivity index (χ4n) is 3.25. The Kier molecular flexibility index (Phi) is 4.58. The molecule has 2 heterocycles. The minimum atomic E-state index is -0.459. The van der Waals surface area contributed by atoms with Gasteiger partial charge in [-0.25, -0.2) is 4.79 Å². The van der Waals surface area contributed by atoms with Crippen molar-refractivity contribution in [3.8, 4) is 11.5 Å². The van der Waals surface area contributed by atoms with Crippen LogP contribution in [0.4, 0.5) is 0 Å². The highest BCUT2D eigenvalue weighted by Crippen LogP contribution is 2.42. The van der Waals surface area contributed by atoms with Crippen molar-refractivity contribution in [3.63, 3.8) is 0 Å². The van der Waals surface area contributed by atoms with Crippen LogP contribution in [0.5, 0.6) is 11.5 Å². The Bertz CT molecular complexity index is 878. The van der Waals surface area contributed by atoms with Crippen molar-refractivity contribution in [1.29, 1.82) is 0 Å². The number of benzene rings is 1. The smallest absolute Gasteiger partial charge is 0.336 e. The molecule has 0 radical (unpaired) electrons. The van der Waals surface area contributed by atoms with Crippen LogP contribution >= 0.6 is 0 Å². The summed E-state index contributed by atoms with van der Waals surface area (Å²) in [5, 5.41) is 0.701. The minimum Gasteiger partial charge on any atom is -0.490 e. The van der Waals surface area contributed by atoms with Gasteiger partial charge in [-0.2, -0.15) is 0 Å². The first-order chi connectivity index (χ1) is 11.8. The summed E-state index contributed by atoms with van der Waals surface area (Å²) in [6, 6.07) is 3.25. The van der Waals surface area contributed by atoms with Gasteiger partial charge in [-0.3, -0.25) is 4.79 Å². The first-order valence-corrected chi connectivity index (χ1v) is 8.84. The van der Waals surface area contributed by atoms with Gasteiger partial charge in [0, 0.05) is 12.1 Å². The number of fused-ring (bicyclic) bond motifs is 3. The molecule has 2 atom stereocenters. The van der Waals surface area contributed by atoms with Crippen molar-refractivity contribution in [2.24, 2.45) is 5.92 Å². The van der Waals surface area contributed by atoms with Crippen LogP contribution in [-0.4, -0.2) is 18.0 Å². The number of rotatable bonds is 4. The molecule has 1 aliphatic rings. The second-order valence-electron chi connectivity index (χ2n) is 6.94. The number of aryl methyl sites for hydroxylation is 1. The maximum absolute atomic E-state index is 12.9. The third-order valence-electron chi connectivity index (χ3n) is 4.58. The molecule has 25 heavy (non-hydrogen) atoms. The highest BCUT2D eigenvalue weighted by Gasteiger charge is 2.35. The highest BCUT2D eigenvalue weighted by atomic mass is 16.5. The normalized spacial score (nSPS) is 19.8. The first-order valence-electron chi connectivity index (χ1n) is 8.84. The number of Topliss-reactive ketones (excluding diaryl/α,β-unsaturated/α-hetero) is 1. The number of ether oxygens (including phenoxy) is 2. The quantitative estimate of drug-likeness (QED) is 0.780. The third-order valence-corrected chi connectivity index (χ3v) is 4.58. The number of ketones is 1. The van der Waals surface area contributed by atoms with E-state index in [-0.39, 0.29) is 29.5 Å². The van der Waals surface area contributed by atoms with Crippen LogP contribution in [0.2, 0.25) is 0 Å². The van der Waals surface area contributed by atoms with Crippen LogP contribution in [0.3, 0.4) is 0 Å². The molecule has 2 unspecified atom stereocenters. The van der Waals surface area contributed by atoms with Gasteiger partial charge >= 0.3 is 5.63 Å². The second kappa shape index (κ2) is 6.54. The summed E-state index contributed by atoms with van der Waals surface area (Å²) in [4.78, 5) is 25.0. The van der Waals surface area contributed by atoms with Gasteiger partial charge in [0.25, 0.3) is 0 Å². The Morgan fingerprint density at radius 2 is 1.92 bits per heavy atom. The minimum absolute atomic E-state index is 0.0571. The molecule has 0 saturated heterocycles. The molecule has 5 heteroatoms. The standard InChI is InChI=1S/C20H24O5/c1-6-7-13-8-16(21)25-20-17(13)14(23-10(2)3)9-15-18(20)19(22)11(4)12(5)24-15/h8-12H,6-7H2,1-5H3. The van der Waals surface area contributed by atoms with Crippen LogP contribution in [0.1, 0.15) is 57.0 Å². The summed E-state index contributed by atoms with van der Waals surface area (Å²) in [5.74, 6) is 0.653. The van der Waals surface area contributed by atoms with Gasteiger partial charge in [0.15, 0.2) is 11.4 Å². The summed E-state index contributed by atoms with van der Waals surface area (Å²) in [7, 11) is 0. The zero-order valence-electron chi connectivity index (χ0n) is 15.3. The Morgan fingerprint density at radius 1 is 1.20 bits per heavy atom. The summed E-state index contributed by atoms with van der Waals surface area (Å²) in [6.07, 6.45) is 1.28. The molecule has 0 amide bonds. The van der Waals surface area contributed by atoms with Crippen LogP contribution in [0, 0.1) is 5.92 Å². The maximum Gasteiger partial charge on any atom is 0.336 e. The van der Waals surface area contributed by atoms with E-state index in [1.165, 1.54) is 6.07 Å². The van der Waals surface area contributed by atoms with Crippen LogP contribution in [0.25, 0.3) is 11.0 Å². The molecule has 3 rings (SSSR count). The van der Waals surface area contributed by atoms with Gasteiger partial charge in [0.05, 0.1) is 17.4 Å². The van der Waals surface area contributed by atoms with Crippen molar-refractivity contribution in [2.45, 2.75) is 59.7 Å². The summed E-state index contributed by atoms with van der Waals surface area (Å²) in [5.41, 5.74) is 1.02. The lowest BCUT2D eigenvalue weighted by molar-refractivity contribution is 0.0730. The molecule has 0 spiro atoms. The molecule has 0 aliphatic carbocycles. The molecule has 134 valence electrons. The molecule has 1 aromatic heterocycles. The molecular weight excluding hydrogens is 320 g/mol. The molecule has 1 aromatic carbocycles. The largest absolute Gasteiger partial charge is 0.490 e. The molecular formula is C20H24O5. The van der Waals surface area contributed by atoms with Gasteiger partial charge in [-0.05, 0) is 32.8 Å². The van der Waals surface area contributed by atoms with Crippen molar-refractivity contribution in [2.75, 3.05) is 0 Å². The highest BCUT2D eigenvalue weighted by molar-refractivity contribution is 6.12. The molecule has 0 N–H and O–H groups in total. The van der Waals surface area contributed by atoms with Gasteiger partial charge < -0.3 is 13.9 Å². The van der Waals surface area contributed by atoms with Crippen molar-refractivity contribution in [3.05, 3.63) is 33.7 Å². The van der Waals surface area contributed by atoms with E-state index >= 15 is 0 Å². The molecule has 0 saturated carbocycles. The molecule has 0 bridgehead atoms. The SMILES string of the molecule is CCCc1cc(=O)oc2c3c(cc(OC(C)C)c12)OC(C)C(C)C3=O. The molecule has 0 fully saturated rings. The van der Waals surface area contributed by atoms with Crippen LogP contribution in [0.15, 0.2) is 21.3 Å². The van der Waals surface area contributed by atoms with Crippen molar-refractivity contribution >= 4 is 16.8 Å². The van der Waals surface area contributed by atoms with Gasteiger partial charge in [-0.1, -0.05) is 20.3 Å². The fourth-order valence-corrected chi connectivity index (χ4v) is 3.25. The van der Waals surface area contributed by atoms with Gasteiger partial charge in [0.2, 0.25) is 0 Å². The van der Waals surface area contributed by atoms with Crippen molar-refractivity contribution < 1.29 is 18.7 Å². The lowest BCUT2D eigenvalue weighted by Gasteiger charge is -2.29. The van der Waals surface area contributed by atoms with Gasteiger partial charge in [0.1, 0.15) is 23.2 Å². The lowest BCUT2D eigenvalue weighted by atomic mass is 9.89. The van der Waals surface area contributed by atoms with Crippen LogP contribution < -0.4 is 15.1 Å². The fraction of sp³-hybridized carbons (Fsp3) is 0.500. The Hall–Kier alpha value is -2.30. The topological polar surface area (TPSA) is 65.7 Å². The van der Waals surface area contributed by atoms with E-state index in [1.807, 2.05) is 34.6 Å². The number of carbonyl (C=O) groups is 1. The summed E-state index contributed by atoms with van der Waals surface area (Å²) < 4.78 is 17.4. The van der Waals surface area contributed by atoms with E-state index < -0.39 is 5.63 Å². The van der Waals surface area contributed by atoms with Crippen molar-refractivity contribution in [1.82, 2.24) is 0 Å². The van der Waals surface area contributed by atoms with E-state index in [9.17, 15) is 9.59 Å². The van der Waals surface area contributed by atoms with Crippen LogP contribution in [-0.2, 0) is 6.42 Å². The maximum atomic E-state index is 12.9. The predicted octanol–water partition coefficient (Wildman–Crippen LogP) is 4.13.